The molecule has 186 valence electrons. The highest BCUT2D eigenvalue weighted by molar-refractivity contribution is 5.72. The molecule has 4 nitrogen and oxygen atoms in total. The highest BCUT2D eigenvalue weighted by Crippen LogP contribution is 2.26. The van der Waals surface area contributed by atoms with Crippen molar-refractivity contribution in [2.45, 2.75) is 143 Å². The summed E-state index contributed by atoms with van der Waals surface area (Å²) in [6.45, 7) is 9.22. The molecule has 0 saturated heterocycles. The summed E-state index contributed by atoms with van der Waals surface area (Å²) in [5.74, 6) is 0.0522. The van der Waals surface area contributed by atoms with Crippen LogP contribution in [0, 0.1) is 0 Å². The van der Waals surface area contributed by atoms with Gasteiger partial charge in [-0.1, -0.05) is 83.3 Å². The molecule has 0 aromatic rings. The van der Waals surface area contributed by atoms with Crippen molar-refractivity contribution in [1.29, 1.82) is 0 Å². The Hall–Kier alpha value is -1.29. The zero-order valence-electron chi connectivity index (χ0n) is 21.8. The van der Waals surface area contributed by atoms with E-state index in [0.29, 0.717) is 6.17 Å². The topological polar surface area (TPSA) is 41.1 Å². The van der Waals surface area contributed by atoms with Crippen LogP contribution in [0.1, 0.15) is 130 Å². The maximum Gasteiger partial charge on any atom is 0.221 e. The van der Waals surface area contributed by atoms with Crippen molar-refractivity contribution in [3.05, 3.63) is 24.6 Å². The Morgan fingerprint density at radius 1 is 0.906 bits per heavy atom. The van der Waals surface area contributed by atoms with Gasteiger partial charge in [-0.25, -0.2) is 0 Å². The number of allylic oxidation sites excluding steroid dienone is 2. The molecule has 3 atom stereocenters. The molecule has 0 aromatic carbocycles. The van der Waals surface area contributed by atoms with Gasteiger partial charge in [0.2, 0.25) is 5.91 Å². The van der Waals surface area contributed by atoms with E-state index in [2.05, 4.69) is 56.0 Å². The molecule has 0 aliphatic carbocycles. The van der Waals surface area contributed by atoms with Gasteiger partial charge in [0, 0.05) is 20.3 Å². The van der Waals surface area contributed by atoms with Gasteiger partial charge >= 0.3 is 0 Å². The fourth-order valence-corrected chi connectivity index (χ4v) is 5.03. The summed E-state index contributed by atoms with van der Waals surface area (Å²) in [4.78, 5) is 11.5. The van der Waals surface area contributed by atoms with Crippen LogP contribution in [0.5, 0.6) is 0 Å². The van der Waals surface area contributed by atoms with E-state index in [1.54, 1.807) is 6.92 Å². The zero-order valence-corrected chi connectivity index (χ0v) is 21.8. The first-order valence-electron chi connectivity index (χ1n) is 13.8. The number of nitrogens with one attached hydrogen (secondary N) is 2. The molecule has 0 aromatic heterocycles. The Balaban J connectivity index is 2.00. The van der Waals surface area contributed by atoms with Crippen molar-refractivity contribution in [3.8, 4) is 0 Å². The van der Waals surface area contributed by atoms with Gasteiger partial charge in [-0.15, -0.1) is 0 Å². The minimum Gasteiger partial charge on any atom is -0.338 e. The van der Waals surface area contributed by atoms with E-state index in [9.17, 15) is 4.79 Å². The number of carbonyl (C=O) groups excluding carboxylic acids is 1. The molecule has 0 saturated carbocycles. The number of rotatable bonds is 20. The SMILES string of the molecule is CCCCCCC/C=C/CCCCCCCCCCC1NC=C[N+]1(CC)C(C)NC(C)=O. The number of hydrogen-bond acceptors (Lipinski definition) is 2. The fraction of sp³-hybridized carbons (Fsp3) is 0.821. The molecular weight excluding hydrogens is 394 g/mol. The minimum absolute atomic E-state index is 0.0522. The van der Waals surface area contributed by atoms with Crippen LogP contribution in [-0.2, 0) is 4.79 Å². The van der Waals surface area contributed by atoms with Crippen LogP contribution < -0.4 is 10.6 Å². The largest absolute Gasteiger partial charge is 0.338 e. The fourth-order valence-electron chi connectivity index (χ4n) is 5.03. The lowest BCUT2D eigenvalue weighted by molar-refractivity contribution is -0.923. The molecule has 4 heteroatoms. The first-order valence-corrected chi connectivity index (χ1v) is 13.8. The lowest BCUT2D eigenvalue weighted by atomic mass is 10.0. The van der Waals surface area contributed by atoms with Crippen molar-refractivity contribution < 1.29 is 9.28 Å². The van der Waals surface area contributed by atoms with Crippen LogP contribution in [0.3, 0.4) is 0 Å². The number of unbranched alkanes of at least 4 members (excludes halogenated alkanes) is 13. The molecule has 3 unspecified atom stereocenters. The third-order valence-corrected chi connectivity index (χ3v) is 7.14. The lowest BCUT2D eigenvalue weighted by Crippen LogP contribution is -2.62. The number of amides is 1. The Morgan fingerprint density at radius 3 is 1.97 bits per heavy atom. The lowest BCUT2D eigenvalue weighted by Gasteiger charge is -2.41. The maximum atomic E-state index is 11.5. The summed E-state index contributed by atoms with van der Waals surface area (Å²) >= 11 is 0. The molecule has 0 spiro atoms. The van der Waals surface area contributed by atoms with Crippen LogP contribution in [0.25, 0.3) is 0 Å². The van der Waals surface area contributed by atoms with Gasteiger partial charge in [-0.05, 0) is 39.0 Å². The predicted molar refractivity (Wildman–Crippen MR) is 139 cm³/mol. The first-order chi connectivity index (χ1) is 15.6. The second-order valence-corrected chi connectivity index (χ2v) is 9.77. The summed E-state index contributed by atoms with van der Waals surface area (Å²) in [6.07, 6.45) is 31.1. The Labute approximate surface area is 199 Å². The highest BCUT2D eigenvalue weighted by atomic mass is 16.1. The molecule has 1 rings (SSSR count). The van der Waals surface area contributed by atoms with Gasteiger partial charge in [0.15, 0.2) is 12.3 Å². The second kappa shape index (κ2) is 18.2. The Bertz CT molecular complexity index is 531. The molecule has 0 bridgehead atoms. The maximum absolute atomic E-state index is 11.5. The smallest absolute Gasteiger partial charge is 0.221 e. The number of hydrogen-bond donors (Lipinski definition) is 2. The number of quaternary nitrogens is 1. The molecule has 0 radical (unpaired) electrons. The summed E-state index contributed by atoms with van der Waals surface area (Å²) in [5.41, 5.74) is 0. The third kappa shape index (κ3) is 11.5. The van der Waals surface area contributed by atoms with Gasteiger partial charge in [0.1, 0.15) is 6.20 Å². The molecule has 1 aliphatic rings. The van der Waals surface area contributed by atoms with E-state index in [4.69, 9.17) is 0 Å². The van der Waals surface area contributed by atoms with E-state index >= 15 is 0 Å². The summed E-state index contributed by atoms with van der Waals surface area (Å²) in [5, 5.41) is 6.64. The molecule has 2 N–H and O–H groups in total. The Kier molecular flexibility index (Phi) is 16.3. The average Bonchev–Trinajstić information content (AvgIpc) is 3.19. The van der Waals surface area contributed by atoms with E-state index < -0.39 is 0 Å². The van der Waals surface area contributed by atoms with Gasteiger partial charge in [0.05, 0.1) is 12.7 Å². The average molecular weight is 449 g/mol. The van der Waals surface area contributed by atoms with Gasteiger partial charge in [0.25, 0.3) is 0 Å². The Morgan fingerprint density at radius 2 is 1.44 bits per heavy atom. The van der Waals surface area contributed by atoms with E-state index in [0.717, 1.165) is 17.4 Å². The van der Waals surface area contributed by atoms with Crippen molar-refractivity contribution in [2.24, 2.45) is 0 Å². The molecule has 1 aliphatic heterocycles. The number of carbonyl (C=O) groups is 1. The van der Waals surface area contributed by atoms with Crippen molar-refractivity contribution >= 4 is 5.91 Å². The molecular formula is C28H54N3O+. The van der Waals surface area contributed by atoms with Crippen molar-refractivity contribution in [3.63, 3.8) is 0 Å². The van der Waals surface area contributed by atoms with Crippen LogP contribution >= 0.6 is 0 Å². The molecule has 0 fully saturated rings. The van der Waals surface area contributed by atoms with Crippen molar-refractivity contribution in [1.82, 2.24) is 10.6 Å². The zero-order chi connectivity index (χ0) is 23.5. The third-order valence-electron chi connectivity index (χ3n) is 7.14. The predicted octanol–water partition coefficient (Wildman–Crippen LogP) is 7.52. The second-order valence-electron chi connectivity index (χ2n) is 9.77. The summed E-state index contributed by atoms with van der Waals surface area (Å²) in [7, 11) is 0. The van der Waals surface area contributed by atoms with Gasteiger partial charge in [-0.3, -0.25) is 9.28 Å². The first kappa shape index (κ1) is 28.7. The van der Waals surface area contributed by atoms with E-state index in [-0.39, 0.29) is 12.1 Å². The molecule has 1 heterocycles. The summed E-state index contributed by atoms with van der Waals surface area (Å²) in [6, 6.07) is 0. The summed E-state index contributed by atoms with van der Waals surface area (Å²) < 4.78 is 0.812. The van der Waals surface area contributed by atoms with Gasteiger partial charge < -0.3 is 10.6 Å². The minimum atomic E-state index is 0.0522. The van der Waals surface area contributed by atoms with E-state index in [1.165, 1.54) is 96.3 Å². The molecule has 1 amide bonds. The van der Waals surface area contributed by atoms with Crippen LogP contribution in [0.2, 0.25) is 0 Å². The molecule has 32 heavy (non-hydrogen) atoms. The van der Waals surface area contributed by atoms with Crippen LogP contribution in [0.4, 0.5) is 0 Å². The van der Waals surface area contributed by atoms with Crippen LogP contribution in [-0.4, -0.2) is 29.3 Å². The van der Waals surface area contributed by atoms with E-state index in [1.807, 2.05) is 0 Å². The monoisotopic (exact) mass is 448 g/mol. The standard InChI is InChI=1S/C28H53N3O/c1-5-7-8-9-10-11-12-13-14-15-16-17-18-19-20-21-22-23-28-29-24-25-31(28,6-2)26(3)30-27(4)32/h12-13,24-26,28-29H,5-11,14-23H2,1-4H3/p+1/b13-12+. The highest BCUT2D eigenvalue weighted by Gasteiger charge is 2.41. The van der Waals surface area contributed by atoms with Gasteiger partial charge in [-0.2, -0.15) is 0 Å². The van der Waals surface area contributed by atoms with Crippen molar-refractivity contribution in [2.75, 3.05) is 6.54 Å². The quantitative estimate of drug-likeness (QED) is 0.115. The number of nitrogens with zero attached hydrogens (tertiary/aromatic N) is 1. The normalized spacial score (nSPS) is 21.2. The van der Waals surface area contributed by atoms with Crippen LogP contribution in [0.15, 0.2) is 24.6 Å².